The largest absolute Gasteiger partial charge is 0.486 e. The lowest BCUT2D eigenvalue weighted by Crippen LogP contribution is -2.41. The smallest absolute Gasteiger partial charge is 0.224 e. The molecule has 1 aliphatic heterocycles. The van der Waals surface area contributed by atoms with Gasteiger partial charge in [-0.25, -0.2) is 22.0 Å². The van der Waals surface area contributed by atoms with Gasteiger partial charge < -0.3 is 14.8 Å². The lowest BCUT2D eigenvalue weighted by molar-refractivity contribution is -0.121. The molecule has 1 amide bonds. The molecule has 138 valence electrons. The van der Waals surface area contributed by atoms with Gasteiger partial charge in [-0.15, -0.1) is 0 Å². The number of carbonyl (C=O) groups is 1. The maximum absolute atomic E-state index is 13.6. The Morgan fingerprint density at radius 2 is 1.54 bits per heavy atom. The second-order valence-electron chi connectivity index (χ2n) is 5.53. The number of fused-ring (bicyclic) bond motifs is 1. The van der Waals surface area contributed by atoms with Crippen LogP contribution >= 0.6 is 0 Å². The fraction of sp³-hybridized carbons (Fsp3) is 0.235. The summed E-state index contributed by atoms with van der Waals surface area (Å²) in [5.41, 5.74) is -1.19. The van der Waals surface area contributed by atoms with Crippen molar-refractivity contribution in [3.8, 4) is 11.5 Å². The molecule has 1 atom stereocenters. The van der Waals surface area contributed by atoms with Crippen LogP contribution in [0.3, 0.4) is 0 Å². The number of amides is 1. The van der Waals surface area contributed by atoms with Crippen LogP contribution in [-0.4, -0.2) is 25.2 Å². The number of rotatable bonds is 4. The number of hydrogen-bond donors (Lipinski definition) is 1. The maximum Gasteiger partial charge on any atom is 0.224 e. The van der Waals surface area contributed by atoms with Crippen LogP contribution in [0.2, 0.25) is 0 Å². The first-order valence-corrected chi connectivity index (χ1v) is 7.54. The lowest BCUT2D eigenvalue weighted by Gasteiger charge is -2.26. The molecule has 1 heterocycles. The van der Waals surface area contributed by atoms with Gasteiger partial charge in [-0.3, -0.25) is 4.79 Å². The van der Waals surface area contributed by atoms with E-state index >= 15 is 0 Å². The molecule has 0 aromatic heterocycles. The van der Waals surface area contributed by atoms with Gasteiger partial charge >= 0.3 is 0 Å². The van der Waals surface area contributed by atoms with Crippen molar-refractivity contribution in [3.63, 3.8) is 0 Å². The third kappa shape index (κ3) is 3.42. The van der Waals surface area contributed by atoms with Gasteiger partial charge in [0, 0.05) is 5.56 Å². The van der Waals surface area contributed by atoms with Gasteiger partial charge in [0.2, 0.25) is 11.7 Å². The summed E-state index contributed by atoms with van der Waals surface area (Å²) in [4.78, 5) is 11.8. The number of benzene rings is 2. The molecule has 0 radical (unpaired) electrons. The molecule has 1 aliphatic rings. The zero-order valence-electron chi connectivity index (χ0n) is 13.1. The van der Waals surface area contributed by atoms with Crippen LogP contribution in [-0.2, 0) is 11.2 Å². The second kappa shape index (κ2) is 7.19. The Labute approximate surface area is 144 Å². The average Bonchev–Trinajstić information content (AvgIpc) is 2.66. The van der Waals surface area contributed by atoms with Crippen LogP contribution in [0, 0.1) is 29.1 Å². The van der Waals surface area contributed by atoms with Crippen molar-refractivity contribution in [2.45, 2.75) is 12.5 Å². The Bertz CT molecular complexity index is 830. The van der Waals surface area contributed by atoms with Crippen LogP contribution in [0.1, 0.15) is 5.56 Å². The number of nitrogens with one attached hydrogen (secondary N) is 1. The fourth-order valence-electron chi connectivity index (χ4n) is 2.42. The lowest BCUT2D eigenvalue weighted by atomic mass is 10.1. The van der Waals surface area contributed by atoms with E-state index in [-0.39, 0.29) is 13.2 Å². The summed E-state index contributed by atoms with van der Waals surface area (Å²) < 4.78 is 77.4. The van der Waals surface area contributed by atoms with Gasteiger partial charge in [-0.2, -0.15) is 0 Å². The topological polar surface area (TPSA) is 47.6 Å². The van der Waals surface area contributed by atoms with E-state index in [0.717, 1.165) is 0 Å². The highest BCUT2D eigenvalue weighted by Crippen LogP contribution is 2.30. The Hall–Kier alpha value is -2.84. The first-order valence-electron chi connectivity index (χ1n) is 7.54. The van der Waals surface area contributed by atoms with E-state index < -0.39 is 53.1 Å². The minimum atomic E-state index is -2.27. The normalized spacial score (nSPS) is 15.7. The summed E-state index contributed by atoms with van der Waals surface area (Å²) >= 11 is 0. The van der Waals surface area contributed by atoms with E-state index in [1.807, 2.05) is 0 Å². The van der Waals surface area contributed by atoms with E-state index in [1.54, 1.807) is 24.3 Å². The zero-order chi connectivity index (χ0) is 18.8. The number of ether oxygens (including phenoxy) is 2. The highest BCUT2D eigenvalue weighted by atomic mass is 19.2. The Balaban J connectivity index is 1.62. The summed E-state index contributed by atoms with van der Waals surface area (Å²) in [6, 6.07) is 6.85. The third-order valence-corrected chi connectivity index (χ3v) is 3.73. The molecule has 4 nitrogen and oxygen atoms in total. The molecule has 0 bridgehead atoms. The Morgan fingerprint density at radius 3 is 2.19 bits per heavy atom. The molecule has 1 N–H and O–H groups in total. The Morgan fingerprint density at radius 1 is 0.962 bits per heavy atom. The van der Waals surface area contributed by atoms with Crippen molar-refractivity contribution in [3.05, 3.63) is 58.9 Å². The molecule has 0 spiro atoms. The molecule has 3 rings (SSSR count). The van der Waals surface area contributed by atoms with E-state index in [9.17, 15) is 26.7 Å². The molecule has 2 aromatic carbocycles. The first-order chi connectivity index (χ1) is 12.4. The van der Waals surface area contributed by atoms with E-state index in [2.05, 4.69) is 5.32 Å². The number of halogens is 5. The standard InChI is InChI=1S/C17H12F5NO3/c18-13-9(14(19)16(21)17(22)15(13)20)5-12(24)23-6-8-7-25-10-3-1-2-4-11(10)26-8/h1-4,8H,5-7H2,(H,23,24)/t8-/m1/s1. The van der Waals surface area contributed by atoms with Crippen LogP contribution in [0.15, 0.2) is 24.3 Å². The molecular weight excluding hydrogens is 361 g/mol. The predicted octanol–water partition coefficient (Wildman–Crippen LogP) is 2.88. The molecule has 2 aromatic rings. The highest BCUT2D eigenvalue weighted by Gasteiger charge is 2.27. The van der Waals surface area contributed by atoms with Crippen LogP contribution in [0.4, 0.5) is 22.0 Å². The van der Waals surface area contributed by atoms with Crippen molar-refractivity contribution in [1.29, 1.82) is 0 Å². The summed E-state index contributed by atoms with van der Waals surface area (Å²) in [6.07, 6.45) is -1.57. The summed E-state index contributed by atoms with van der Waals surface area (Å²) in [5.74, 6) is -10.4. The number of para-hydroxylation sites is 2. The minimum absolute atomic E-state index is 0.0669. The summed E-state index contributed by atoms with van der Waals surface area (Å²) in [5, 5.41) is 2.32. The molecule has 0 saturated heterocycles. The fourth-order valence-corrected chi connectivity index (χ4v) is 2.42. The molecule has 0 unspecified atom stereocenters. The quantitative estimate of drug-likeness (QED) is 0.509. The van der Waals surface area contributed by atoms with Crippen molar-refractivity contribution in [2.75, 3.05) is 13.2 Å². The third-order valence-electron chi connectivity index (χ3n) is 3.73. The number of carbonyl (C=O) groups excluding carboxylic acids is 1. The Kier molecular flexibility index (Phi) is 4.97. The monoisotopic (exact) mass is 373 g/mol. The summed E-state index contributed by atoms with van der Waals surface area (Å²) in [6.45, 7) is 0.0579. The molecule has 0 saturated carbocycles. The van der Waals surface area contributed by atoms with Crippen LogP contribution in [0.25, 0.3) is 0 Å². The average molecular weight is 373 g/mol. The van der Waals surface area contributed by atoms with Gasteiger partial charge in [0.15, 0.2) is 34.8 Å². The van der Waals surface area contributed by atoms with Crippen LogP contribution < -0.4 is 14.8 Å². The van der Waals surface area contributed by atoms with E-state index in [1.165, 1.54) is 0 Å². The SMILES string of the molecule is O=C(Cc1c(F)c(F)c(F)c(F)c1F)NC[C@@H]1COc2ccccc2O1. The van der Waals surface area contributed by atoms with Crippen molar-refractivity contribution in [1.82, 2.24) is 5.32 Å². The maximum atomic E-state index is 13.6. The van der Waals surface area contributed by atoms with Gasteiger partial charge in [-0.05, 0) is 12.1 Å². The highest BCUT2D eigenvalue weighted by molar-refractivity contribution is 5.78. The first kappa shape index (κ1) is 18.0. The van der Waals surface area contributed by atoms with Crippen molar-refractivity contribution < 1.29 is 36.2 Å². The zero-order valence-corrected chi connectivity index (χ0v) is 13.1. The molecule has 9 heteroatoms. The van der Waals surface area contributed by atoms with Gasteiger partial charge in [-0.1, -0.05) is 12.1 Å². The molecule has 26 heavy (non-hydrogen) atoms. The van der Waals surface area contributed by atoms with Gasteiger partial charge in [0.25, 0.3) is 0 Å². The summed E-state index contributed by atoms with van der Waals surface area (Å²) in [7, 11) is 0. The second-order valence-corrected chi connectivity index (χ2v) is 5.53. The minimum Gasteiger partial charge on any atom is -0.486 e. The van der Waals surface area contributed by atoms with Gasteiger partial charge in [0.05, 0.1) is 13.0 Å². The molecule has 0 aliphatic carbocycles. The van der Waals surface area contributed by atoms with Gasteiger partial charge in [0.1, 0.15) is 12.7 Å². The molecule has 0 fully saturated rings. The van der Waals surface area contributed by atoms with Crippen molar-refractivity contribution >= 4 is 5.91 Å². The van der Waals surface area contributed by atoms with E-state index in [0.29, 0.717) is 11.5 Å². The number of hydrogen-bond acceptors (Lipinski definition) is 3. The van der Waals surface area contributed by atoms with E-state index in [4.69, 9.17) is 9.47 Å². The molecular formula is C17H12F5NO3. The van der Waals surface area contributed by atoms with Crippen molar-refractivity contribution in [2.24, 2.45) is 0 Å². The predicted molar refractivity (Wildman–Crippen MR) is 79.3 cm³/mol. The van der Waals surface area contributed by atoms with Crippen LogP contribution in [0.5, 0.6) is 11.5 Å².